The van der Waals surface area contributed by atoms with E-state index >= 15 is 0 Å². The van der Waals surface area contributed by atoms with Crippen molar-refractivity contribution in [3.8, 4) is 0 Å². The van der Waals surface area contributed by atoms with E-state index in [0.29, 0.717) is 0 Å². The Labute approximate surface area is 75.3 Å². The van der Waals surface area contributed by atoms with Crippen LogP contribution in [0.15, 0.2) is 0 Å². The molecule has 1 unspecified atom stereocenters. The van der Waals surface area contributed by atoms with Crippen LogP contribution in [0.1, 0.15) is 6.42 Å². The summed E-state index contributed by atoms with van der Waals surface area (Å²) < 4.78 is 5.05. The number of hydrogen-bond acceptors (Lipinski definition) is 3. The highest BCUT2D eigenvalue weighted by atomic mass is 16.5. The largest absolute Gasteiger partial charge is 0.369 e. The fourth-order valence-corrected chi connectivity index (χ4v) is 1.89. The first-order valence-corrected chi connectivity index (χ1v) is 4.58. The van der Waals surface area contributed by atoms with Crippen molar-refractivity contribution in [1.82, 2.24) is 9.80 Å². The zero-order valence-electron chi connectivity index (χ0n) is 8.42. The molecule has 0 radical (unpaired) electrons. The Morgan fingerprint density at radius 3 is 2.83 bits per heavy atom. The predicted octanol–water partition coefficient (Wildman–Crippen LogP) is 0.474. The van der Waals surface area contributed by atoms with Gasteiger partial charge in [0.15, 0.2) is 0 Å². The van der Waals surface area contributed by atoms with E-state index in [1.54, 1.807) is 7.11 Å². The van der Waals surface area contributed by atoms with Crippen LogP contribution in [0.3, 0.4) is 0 Å². The van der Waals surface area contributed by atoms with Crippen LogP contribution in [-0.4, -0.2) is 57.4 Å². The highest BCUT2D eigenvalue weighted by molar-refractivity contribution is 4.74. The van der Waals surface area contributed by atoms with E-state index in [9.17, 15) is 0 Å². The number of ether oxygens (including phenoxy) is 1. The summed E-state index contributed by atoms with van der Waals surface area (Å²) in [5.41, 5.74) is 0. The Hall–Kier alpha value is -0.120. The van der Waals surface area contributed by atoms with E-state index in [4.69, 9.17) is 4.74 Å². The third-order valence-electron chi connectivity index (χ3n) is 2.41. The van der Waals surface area contributed by atoms with Gasteiger partial charge < -0.3 is 9.64 Å². The number of hydrogen-bond donors (Lipinski definition) is 0. The number of likely N-dealkylation sites (tertiary alicyclic amines) is 1. The van der Waals surface area contributed by atoms with Crippen molar-refractivity contribution in [2.75, 3.05) is 47.6 Å². The topological polar surface area (TPSA) is 15.7 Å². The molecule has 0 aromatic heterocycles. The number of methoxy groups -OCH3 is 1. The minimum atomic E-state index is 0.750. The van der Waals surface area contributed by atoms with Gasteiger partial charge in [0.2, 0.25) is 0 Å². The standard InChI is InChI=1S/C9H20N2O/c1-10-5-4-9(6-10)7-11(2)8-12-3/h9H,4-8H2,1-3H3. The van der Waals surface area contributed by atoms with E-state index in [1.165, 1.54) is 19.5 Å². The molecule has 0 bridgehead atoms. The van der Waals surface area contributed by atoms with Crippen molar-refractivity contribution in [1.29, 1.82) is 0 Å². The number of rotatable bonds is 4. The van der Waals surface area contributed by atoms with Gasteiger partial charge >= 0.3 is 0 Å². The molecule has 0 saturated carbocycles. The summed E-state index contributed by atoms with van der Waals surface area (Å²) in [6.45, 7) is 4.41. The summed E-state index contributed by atoms with van der Waals surface area (Å²) in [5.74, 6) is 0.843. The van der Waals surface area contributed by atoms with Crippen molar-refractivity contribution >= 4 is 0 Å². The van der Waals surface area contributed by atoms with Gasteiger partial charge in [0.25, 0.3) is 0 Å². The molecule has 0 aromatic carbocycles. The molecule has 0 aliphatic carbocycles. The normalized spacial score (nSPS) is 25.5. The lowest BCUT2D eigenvalue weighted by atomic mass is 10.1. The van der Waals surface area contributed by atoms with Crippen molar-refractivity contribution < 1.29 is 4.74 Å². The van der Waals surface area contributed by atoms with Crippen LogP contribution >= 0.6 is 0 Å². The first kappa shape index (κ1) is 9.96. The molecule has 72 valence electrons. The molecule has 0 amide bonds. The van der Waals surface area contributed by atoms with Crippen LogP contribution in [0.5, 0.6) is 0 Å². The van der Waals surface area contributed by atoms with Gasteiger partial charge in [-0.15, -0.1) is 0 Å². The third-order valence-corrected chi connectivity index (χ3v) is 2.41. The van der Waals surface area contributed by atoms with Gasteiger partial charge in [-0.1, -0.05) is 0 Å². The minimum absolute atomic E-state index is 0.750. The average molecular weight is 172 g/mol. The molecular weight excluding hydrogens is 152 g/mol. The lowest BCUT2D eigenvalue weighted by Crippen LogP contribution is -2.28. The summed E-state index contributed by atoms with van der Waals surface area (Å²) in [7, 11) is 6.05. The SMILES string of the molecule is COCN(C)CC1CCN(C)C1. The average Bonchev–Trinajstić information content (AvgIpc) is 2.36. The van der Waals surface area contributed by atoms with Crippen LogP contribution in [0.25, 0.3) is 0 Å². The Morgan fingerprint density at radius 2 is 2.33 bits per heavy atom. The molecule has 3 heteroatoms. The Balaban J connectivity index is 2.14. The van der Waals surface area contributed by atoms with Crippen molar-refractivity contribution in [2.24, 2.45) is 5.92 Å². The second-order valence-electron chi connectivity index (χ2n) is 3.87. The molecule has 1 aliphatic heterocycles. The van der Waals surface area contributed by atoms with E-state index in [2.05, 4.69) is 23.9 Å². The predicted molar refractivity (Wildman–Crippen MR) is 50.1 cm³/mol. The van der Waals surface area contributed by atoms with Gasteiger partial charge in [0.1, 0.15) is 0 Å². The summed E-state index contributed by atoms with van der Waals surface area (Å²) in [6.07, 6.45) is 1.34. The maximum absolute atomic E-state index is 5.05. The first-order chi connectivity index (χ1) is 5.72. The zero-order valence-corrected chi connectivity index (χ0v) is 8.42. The molecule has 1 aliphatic rings. The van der Waals surface area contributed by atoms with Gasteiger partial charge in [-0.2, -0.15) is 0 Å². The smallest absolute Gasteiger partial charge is 0.0984 e. The van der Waals surface area contributed by atoms with Crippen molar-refractivity contribution in [2.45, 2.75) is 6.42 Å². The van der Waals surface area contributed by atoms with Crippen LogP contribution in [0.2, 0.25) is 0 Å². The molecule has 0 spiro atoms. The van der Waals surface area contributed by atoms with Gasteiger partial charge in [0.05, 0.1) is 6.73 Å². The maximum Gasteiger partial charge on any atom is 0.0984 e. The lowest BCUT2D eigenvalue weighted by molar-refractivity contribution is 0.0720. The fourth-order valence-electron chi connectivity index (χ4n) is 1.89. The van der Waals surface area contributed by atoms with E-state index in [-0.39, 0.29) is 0 Å². The van der Waals surface area contributed by atoms with Gasteiger partial charge in [-0.25, -0.2) is 0 Å². The Bertz CT molecular complexity index is 130. The van der Waals surface area contributed by atoms with Crippen LogP contribution in [-0.2, 0) is 4.74 Å². The van der Waals surface area contributed by atoms with Crippen LogP contribution in [0.4, 0.5) is 0 Å². The zero-order chi connectivity index (χ0) is 8.97. The molecule has 0 aromatic rings. The quantitative estimate of drug-likeness (QED) is 0.573. The molecule has 1 heterocycles. The summed E-state index contributed by atoms with van der Waals surface area (Å²) >= 11 is 0. The van der Waals surface area contributed by atoms with E-state index < -0.39 is 0 Å². The van der Waals surface area contributed by atoms with Gasteiger partial charge in [-0.3, -0.25) is 4.90 Å². The monoisotopic (exact) mass is 172 g/mol. The number of nitrogens with zero attached hydrogens (tertiary/aromatic N) is 2. The van der Waals surface area contributed by atoms with Crippen molar-refractivity contribution in [3.63, 3.8) is 0 Å². The molecule has 1 atom stereocenters. The van der Waals surface area contributed by atoms with E-state index in [1.807, 2.05) is 0 Å². The third kappa shape index (κ3) is 3.09. The van der Waals surface area contributed by atoms with Crippen molar-refractivity contribution in [3.05, 3.63) is 0 Å². The second-order valence-corrected chi connectivity index (χ2v) is 3.87. The first-order valence-electron chi connectivity index (χ1n) is 4.58. The van der Waals surface area contributed by atoms with E-state index in [0.717, 1.165) is 19.2 Å². The Morgan fingerprint density at radius 1 is 1.58 bits per heavy atom. The molecular formula is C9H20N2O. The summed E-state index contributed by atoms with van der Waals surface area (Å²) in [5, 5.41) is 0. The highest BCUT2D eigenvalue weighted by Crippen LogP contribution is 2.14. The summed E-state index contributed by atoms with van der Waals surface area (Å²) in [6, 6.07) is 0. The molecule has 1 saturated heterocycles. The van der Waals surface area contributed by atoms with Gasteiger partial charge in [0, 0.05) is 20.2 Å². The van der Waals surface area contributed by atoms with Crippen LogP contribution < -0.4 is 0 Å². The fraction of sp³-hybridized carbons (Fsp3) is 1.00. The molecule has 3 nitrogen and oxygen atoms in total. The van der Waals surface area contributed by atoms with Gasteiger partial charge in [-0.05, 0) is 33.0 Å². The maximum atomic E-state index is 5.05. The highest BCUT2D eigenvalue weighted by Gasteiger charge is 2.20. The molecule has 1 rings (SSSR count). The minimum Gasteiger partial charge on any atom is -0.369 e. The molecule has 12 heavy (non-hydrogen) atoms. The summed E-state index contributed by atoms with van der Waals surface area (Å²) in [4.78, 5) is 4.63. The molecule has 0 N–H and O–H groups in total. The second kappa shape index (κ2) is 4.80. The van der Waals surface area contributed by atoms with Crippen LogP contribution in [0, 0.1) is 5.92 Å². The Kier molecular flexibility index (Phi) is 3.98. The molecule has 1 fully saturated rings. The lowest BCUT2D eigenvalue weighted by Gasteiger charge is -2.19.